The van der Waals surface area contributed by atoms with Gasteiger partial charge in [-0.3, -0.25) is 0 Å². The van der Waals surface area contributed by atoms with Gasteiger partial charge in [0.1, 0.15) is 5.82 Å². The highest BCUT2D eigenvalue weighted by molar-refractivity contribution is 5.90. The second-order valence-corrected chi connectivity index (χ2v) is 6.38. The van der Waals surface area contributed by atoms with E-state index in [9.17, 15) is 24.1 Å². The van der Waals surface area contributed by atoms with E-state index in [0.717, 1.165) is 12.1 Å². The largest absolute Gasteiger partial charge is 0.504 e. The third-order valence-electron chi connectivity index (χ3n) is 4.38. The molecule has 0 bridgehead atoms. The molecule has 1 heterocycles. The summed E-state index contributed by atoms with van der Waals surface area (Å²) in [5.41, 5.74) is 1.41. The van der Waals surface area contributed by atoms with Gasteiger partial charge < -0.3 is 20.6 Å². The van der Waals surface area contributed by atoms with Crippen molar-refractivity contribution >= 4 is 16.7 Å². The summed E-state index contributed by atoms with van der Waals surface area (Å²) in [4.78, 5) is 8.88. The lowest BCUT2D eigenvalue weighted by molar-refractivity contribution is 0.368. The minimum atomic E-state index is -0.937. The minimum Gasteiger partial charge on any atom is -0.504 e. The SMILES string of the molecule is Oc1cc(-c2nc(NCc3ccc(F)c(F)c3)c3ccccc3n2)cc(O)c1O. The van der Waals surface area contributed by atoms with Crippen molar-refractivity contribution in [3.63, 3.8) is 0 Å². The zero-order chi connectivity index (χ0) is 20.5. The Kier molecular flexibility index (Phi) is 4.59. The third kappa shape index (κ3) is 3.60. The first kappa shape index (κ1) is 18.4. The van der Waals surface area contributed by atoms with Crippen LogP contribution in [0.1, 0.15) is 5.56 Å². The minimum absolute atomic E-state index is 0.184. The summed E-state index contributed by atoms with van der Waals surface area (Å²) in [6, 6.07) is 13.3. The molecule has 146 valence electrons. The zero-order valence-electron chi connectivity index (χ0n) is 14.9. The van der Waals surface area contributed by atoms with Crippen molar-refractivity contribution in [3.05, 3.63) is 71.8 Å². The number of nitrogens with zero attached hydrogens (tertiary/aromatic N) is 2. The van der Waals surface area contributed by atoms with Crippen LogP contribution in [0.5, 0.6) is 17.2 Å². The molecule has 3 aromatic carbocycles. The standard InChI is InChI=1S/C21H15F2N3O3/c22-14-6-5-11(7-15(14)23)10-24-21-13-3-1-2-4-16(13)25-20(26-21)12-8-17(27)19(29)18(28)9-12/h1-9,27-29H,10H2,(H,24,25,26). The highest BCUT2D eigenvalue weighted by atomic mass is 19.2. The Bertz CT molecular complexity index is 1210. The van der Waals surface area contributed by atoms with Crippen LogP contribution in [0.2, 0.25) is 0 Å². The molecule has 4 rings (SSSR count). The first-order chi connectivity index (χ1) is 13.9. The summed E-state index contributed by atoms with van der Waals surface area (Å²) in [5.74, 6) is -2.88. The lowest BCUT2D eigenvalue weighted by Crippen LogP contribution is -2.05. The lowest BCUT2D eigenvalue weighted by atomic mass is 10.1. The van der Waals surface area contributed by atoms with Crippen LogP contribution in [0.25, 0.3) is 22.3 Å². The maximum absolute atomic E-state index is 13.5. The Labute approximate surface area is 163 Å². The molecule has 1 aromatic heterocycles. The fraction of sp³-hybridized carbons (Fsp3) is 0.0476. The summed E-state index contributed by atoms with van der Waals surface area (Å²) in [5, 5.41) is 32.9. The molecule has 0 saturated heterocycles. The van der Waals surface area contributed by atoms with Gasteiger partial charge in [0.2, 0.25) is 0 Å². The average molecular weight is 395 g/mol. The average Bonchev–Trinajstić information content (AvgIpc) is 2.72. The first-order valence-corrected chi connectivity index (χ1v) is 8.62. The molecule has 0 spiro atoms. The third-order valence-corrected chi connectivity index (χ3v) is 4.38. The van der Waals surface area contributed by atoms with Crippen LogP contribution in [-0.2, 0) is 6.54 Å². The zero-order valence-corrected chi connectivity index (χ0v) is 14.9. The Balaban J connectivity index is 1.75. The number of nitrogens with one attached hydrogen (secondary N) is 1. The number of aromatic hydroxyl groups is 3. The number of hydrogen-bond donors (Lipinski definition) is 4. The molecule has 0 fully saturated rings. The molecule has 0 aliphatic carbocycles. The van der Waals surface area contributed by atoms with Crippen molar-refractivity contribution in [3.8, 4) is 28.6 Å². The van der Waals surface area contributed by atoms with Gasteiger partial charge in [-0.25, -0.2) is 18.7 Å². The number of aromatic nitrogens is 2. The number of phenolic OH excluding ortho intramolecular Hbond substituents is 3. The highest BCUT2D eigenvalue weighted by Crippen LogP contribution is 2.38. The summed E-state index contributed by atoms with van der Waals surface area (Å²) in [6.45, 7) is 0.184. The molecular formula is C21H15F2N3O3. The molecule has 0 aliphatic rings. The molecular weight excluding hydrogens is 380 g/mol. The number of anilines is 1. The van der Waals surface area contributed by atoms with Crippen LogP contribution < -0.4 is 5.32 Å². The van der Waals surface area contributed by atoms with Crippen LogP contribution in [-0.4, -0.2) is 25.3 Å². The molecule has 0 unspecified atom stereocenters. The molecule has 6 nitrogen and oxygen atoms in total. The van der Waals surface area contributed by atoms with Gasteiger partial charge in [0.05, 0.1) is 5.52 Å². The van der Waals surface area contributed by atoms with Gasteiger partial charge in [-0.2, -0.15) is 0 Å². The van der Waals surface area contributed by atoms with Gasteiger partial charge in [-0.1, -0.05) is 18.2 Å². The highest BCUT2D eigenvalue weighted by Gasteiger charge is 2.14. The van der Waals surface area contributed by atoms with Crippen LogP contribution in [0.4, 0.5) is 14.6 Å². The maximum Gasteiger partial charge on any atom is 0.200 e. The van der Waals surface area contributed by atoms with Crippen LogP contribution in [0.15, 0.2) is 54.6 Å². The second-order valence-electron chi connectivity index (χ2n) is 6.38. The predicted octanol–water partition coefficient (Wildman–Crippen LogP) is 4.30. The van der Waals surface area contributed by atoms with Gasteiger partial charge in [0, 0.05) is 17.5 Å². The number of rotatable bonds is 4. The summed E-state index contributed by atoms with van der Waals surface area (Å²) < 4.78 is 26.6. The van der Waals surface area contributed by atoms with E-state index >= 15 is 0 Å². The van der Waals surface area contributed by atoms with E-state index in [1.54, 1.807) is 18.2 Å². The lowest BCUT2D eigenvalue weighted by Gasteiger charge is -2.12. The molecule has 0 radical (unpaired) electrons. The number of fused-ring (bicyclic) bond motifs is 1. The van der Waals surface area contributed by atoms with E-state index in [0.29, 0.717) is 27.8 Å². The van der Waals surface area contributed by atoms with Gasteiger partial charge in [0.15, 0.2) is 34.7 Å². The molecule has 0 amide bonds. The Morgan fingerprint density at radius 1 is 0.828 bits per heavy atom. The van der Waals surface area contributed by atoms with E-state index in [2.05, 4.69) is 15.3 Å². The van der Waals surface area contributed by atoms with E-state index in [4.69, 9.17) is 0 Å². The Morgan fingerprint density at radius 3 is 2.28 bits per heavy atom. The van der Waals surface area contributed by atoms with Crippen molar-refractivity contribution in [2.45, 2.75) is 6.54 Å². The number of halogens is 2. The summed E-state index contributed by atoms with van der Waals surface area (Å²) >= 11 is 0. The van der Waals surface area contributed by atoms with E-state index in [-0.39, 0.29) is 12.4 Å². The van der Waals surface area contributed by atoms with Crippen LogP contribution in [0, 0.1) is 11.6 Å². The fourth-order valence-corrected chi connectivity index (χ4v) is 2.91. The number of para-hydroxylation sites is 1. The van der Waals surface area contributed by atoms with Crippen LogP contribution in [0.3, 0.4) is 0 Å². The van der Waals surface area contributed by atoms with Gasteiger partial charge in [0.25, 0.3) is 0 Å². The summed E-state index contributed by atoms with van der Waals surface area (Å²) in [7, 11) is 0. The molecule has 0 aliphatic heterocycles. The number of phenols is 3. The van der Waals surface area contributed by atoms with Crippen molar-refractivity contribution in [1.82, 2.24) is 9.97 Å². The fourth-order valence-electron chi connectivity index (χ4n) is 2.91. The molecule has 0 atom stereocenters. The molecule has 4 N–H and O–H groups in total. The first-order valence-electron chi connectivity index (χ1n) is 8.62. The van der Waals surface area contributed by atoms with Gasteiger partial charge >= 0.3 is 0 Å². The quantitative estimate of drug-likeness (QED) is 0.385. The molecule has 4 aromatic rings. The topological polar surface area (TPSA) is 98.5 Å². The van der Waals surface area contributed by atoms with Crippen molar-refractivity contribution in [2.24, 2.45) is 0 Å². The number of hydrogen-bond acceptors (Lipinski definition) is 6. The predicted molar refractivity (Wildman–Crippen MR) is 104 cm³/mol. The molecule has 0 saturated carbocycles. The van der Waals surface area contributed by atoms with Crippen LogP contribution >= 0.6 is 0 Å². The van der Waals surface area contributed by atoms with E-state index in [1.165, 1.54) is 18.2 Å². The second kappa shape index (κ2) is 7.23. The van der Waals surface area contributed by atoms with E-state index in [1.807, 2.05) is 6.07 Å². The van der Waals surface area contributed by atoms with Crippen molar-refractivity contribution in [2.75, 3.05) is 5.32 Å². The smallest absolute Gasteiger partial charge is 0.200 e. The van der Waals surface area contributed by atoms with E-state index < -0.39 is 28.9 Å². The summed E-state index contributed by atoms with van der Waals surface area (Å²) in [6.07, 6.45) is 0. The molecule has 8 heteroatoms. The van der Waals surface area contributed by atoms with Gasteiger partial charge in [-0.15, -0.1) is 0 Å². The Morgan fingerprint density at radius 2 is 1.55 bits per heavy atom. The van der Waals surface area contributed by atoms with Crippen molar-refractivity contribution in [1.29, 1.82) is 0 Å². The molecule has 29 heavy (non-hydrogen) atoms. The Hall–Kier alpha value is -3.94. The number of benzene rings is 3. The monoisotopic (exact) mass is 395 g/mol. The van der Waals surface area contributed by atoms with Gasteiger partial charge in [-0.05, 0) is 42.0 Å². The normalized spacial score (nSPS) is 11.0. The van der Waals surface area contributed by atoms with Crippen molar-refractivity contribution < 1.29 is 24.1 Å². The maximum atomic E-state index is 13.5.